The van der Waals surface area contributed by atoms with E-state index < -0.39 is 0 Å². The predicted octanol–water partition coefficient (Wildman–Crippen LogP) is 5.30. The van der Waals surface area contributed by atoms with Gasteiger partial charge in [0.05, 0.1) is 0 Å². The highest BCUT2D eigenvalue weighted by Crippen LogP contribution is 2.45. The molecule has 1 unspecified atom stereocenters. The lowest BCUT2D eigenvalue weighted by Crippen LogP contribution is -2.30. The van der Waals surface area contributed by atoms with Crippen molar-refractivity contribution >= 4 is 39.8 Å². The Morgan fingerprint density at radius 1 is 1.29 bits per heavy atom. The summed E-state index contributed by atoms with van der Waals surface area (Å²) in [6.45, 7) is 4.55. The molecule has 0 saturated heterocycles. The van der Waals surface area contributed by atoms with Crippen molar-refractivity contribution in [3.8, 4) is 0 Å². The predicted molar refractivity (Wildman–Crippen MR) is 84.9 cm³/mol. The third-order valence-corrected chi connectivity index (χ3v) is 5.28. The summed E-state index contributed by atoms with van der Waals surface area (Å²) < 4.78 is 1.08. The fourth-order valence-electron chi connectivity index (χ4n) is 2.39. The Morgan fingerprint density at radius 2 is 1.94 bits per heavy atom. The molecule has 0 aromatic heterocycles. The molecule has 1 atom stereocenters. The number of allylic oxidation sites excluding steroid dienone is 2. The maximum absolute atomic E-state index is 6.50. The van der Waals surface area contributed by atoms with Crippen molar-refractivity contribution in [1.29, 1.82) is 0 Å². The van der Waals surface area contributed by atoms with Crippen LogP contribution in [0.3, 0.4) is 0 Å². The van der Waals surface area contributed by atoms with E-state index >= 15 is 0 Å². The summed E-state index contributed by atoms with van der Waals surface area (Å²) in [5.74, 6) is 0. The fraction of sp³-hybridized carbons (Fsp3) is 0.467. The molecule has 0 nitrogen and oxygen atoms in total. The molecule has 0 aliphatic heterocycles. The fourth-order valence-corrected chi connectivity index (χ4v) is 3.42. The summed E-state index contributed by atoms with van der Waals surface area (Å²) in [6, 6.07) is 10.7. The SMILES string of the molecule is CC1(C)CC(c2ccccc2)=C(CI)CC1Cl. The number of rotatable bonds is 2. The molecule has 0 radical (unpaired) electrons. The van der Waals surface area contributed by atoms with Crippen LogP contribution < -0.4 is 0 Å². The number of hydrogen-bond donors (Lipinski definition) is 0. The van der Waals surface area contributed by atoms with Crippen LogP contribution in [0, 0.1) is 5.41 Å². The Balaban J connectivity index is 2.42. The van der Waals surface area contributed by atoms with E-state index in [1.165, 1.54) is 16.7 Å². The van der Waals surface area contributed by atoms with Gasteiger partial charge in [0.1, 0.15) is 0 Å². The first-order chi connectivity index (χ1) is 8.04. The lowest BCUT2D eigenvalue weighted by molar-refractivity contribution is 0.340. The highest BCUT2D eigenvalue weighted by molar-refractivity contribution is 14.1. The number of hydrogen-bond acceptors (Lipinski definition) is 0. The van der Waals surface area contributed by atoms with E-state index in [2.05, 4.69) is 66.8 Å². The summed E-state index contributed by atoms with van der Waals surface area (Å²) in [5.41, 5.74) is 4.61. The molecule has 92 valence electrons. The molecule has 17 heavy (non-hydrogen) atoms. The molecule has 1 aliphatic rings. The zero-order valence-corrected chi connectivity index (χ0v) is 13.3. The lowest BCUT2D eigenvalue weighted by Gasteiger charge is -2.37. The smallest absolute Gasteiger partial charge is 0.0427 e. The second kappa shape index (κ2) is 5.31. The van der Waals surface area contributed by atoms with E-state index in [0.29, 0.717) is 0 Å². The first-order valence-corrected chi connectivity index (χ1v) is 7.97. The number of benzene rings is 1. The Hall–Kier alpha value is -0.0200. The molecular formula is C15H18ClI. The van der Waals surface area contributed by atoms with Crippen LogP contribution in [0.2, 0.25) is 0 Å². The molecule has 0 spiro atoms. The molecule has 0 saturated carbocycles. The zero-order chi connectivity index (χ0) is 12.5. The van der Waals surface area contributed by atoms with Crippen molar-refractivity contribution in [2.24, 2.45) is 5.41 Å². The van der Waals surface area contributed by atoms with Gasteiger partial charge in [-0.1, -0.05) is 72.3 Å². The van der Waals surface area contributed by atoms with Crippen molar-refractivity contribution in [2.45, 2.75) is 32.1 Å². The molecular weight excluding hydrogens is 343 g/mol. The summed E-state index contributed by atoms with van der Waals surface area (Å²) >= 11 is 8.95. The summed E-state index contributed by atoms with van der Waals surface area (Å²) in [5, 5.41) is 0.264. The van der Waals surface area contributed by atoms with Crippen molar-refractivity contribution in [3.63, 3.8) is 0 Å². The van der Waals surface area contributed by atoms with Gasteiger partial charge >= 0.3 is 0 Å². The summed E-state index contributed by atoms with van der Waals surface area (Å²) in [7, 11) is 0. The van der Waals surface area contributed by atoms with Crippen LogP contribution in [0.15, 0.2) is 35.9 Å². The van der Waals surface area contributed by atoms with Gasteiger partial charge in [0.25, 0.3) is 0 Å². The van der Waals surface area contributed by atoms with E-state index in [1.807, 2.05) is 0 Å². The molecule has 1 aromatic carbocycles. The van der Waals surface area contributed by atoms with Gasteiger partial charge in [0.15, 0.2) is 0 Å². The molecule has 2 heteroatoms. The normalized spacial score (nSPS) is 23.9. The lowest BCUT2D eigenvalue weighted by atomic mass is 9.72. The van der Waals surface area contributed by atoms with Gasteiger partial charge < -0.3 is 0 Å². The third-order valence-electron chi connectivity index (χ3n) is 3.62. The first kappa shape index (κ1) is 13.4. The van der Waals surface area contributed by atoms with E-state index in [-0.39, 0.29) is 10.8 Å². The molecule has 1 aromatic rings. The molecule has 0 heterocycles. The van der Waals surface area contributed by atoms with Gasteiger partial charge in [-0.2, -0.15) is 0 Å². The maximum atomic E-state index is 6.50. The van der Waals surface area contributed by atoms with Crippen LogP contribution in [0.1, 0.15) is 32.3 Å². The second-order valence-electron chi connectivity index (χ2n) is 5.42. The van der Waals surface area contributed by atoms with Gasteiger partial charge in [0, 0.05) is 9.80 Å². The molecule has 0 fully saturated rings. The quantitative estimate of drug-likeness (QED) is 0.496. The average Bonchev–Trinajstić information content (AvgIpc) is 2.33. The van der Waals surface area contributed by atoms with Gasteiger partial charge in [-0.15, -0.1) is 11.6 Å². The summed E-state index contributed by atoms with van der Waals surface area (Å²) in [4.78, 5) is 0. The van der Waals surface area contributed by atoms with Gasteiger partial charge in [0.2, 0.25) is 0 Å². The highest BCUT2D eigenvalue weighted by Gasteiger charge is 2.34. The molecule has 0 bridgehead atoms. The Labute approximate surface area is 123 Å². The van der Waals surface area contributed by atoms with Gasteiger partial charge in [-0.25, -0.2) is 0 Å². The van der Waals surface area contributed by atoms with Crippen LogP contribution >= 0.6 is 34.2 Å². The number of halogens is 2. The van der Waals surface area contributed by atoms with E-state index in [9.17, 15) is 0 Å². The zero-order valence-electron chi connectivity index (χ0n) is 10.3. The van der Waals surface area contributed by atoms with Gasteiger partial charge in [-0.05, 0) is 29.4 Å². The van der Waals surface area contributed by atoms with E-state index in [1.54, 1.807) is 0 Å². The van der Waals surface area contributed by atoms with Crippen LogP contribution in [-0.2, 0) is 0 Å². The van der Waals surface area contributed by atoms with E-state index in [4.69, 9.17) is 11.6 Å². The Kier molecular flexibility index (Phi) is 4.19. The maximum Gasteiger partial charge on any atom is 0.0427 e. The van der Waals surface area contributed by atoms with Crippen LogP contribution in [0.4, 0.5) is 0 Å². The van der Waals surface area contributed by atoms with Crippen molar-refractivity contribution in [1.82, 2.24) is 0 Å². The van der Waals surface area contributed by atoms with Crippen LogP contribution in [0.25, 0.3) is 5.57 Å². The minimum atomic E-state index is 0.196. The van der Waals surface area contributed by atoms with Crippen molar-refractivity contribution in [3.05, 3.63) is 41.5 Å². The first-order valence-electron chi connectivity index (χ1n) is 6.01. The third kappa shape index (κ3) is 2.87. The Bertz CT molecular complexity index is 420. The van der Waals surface area contributed by atoms with Crippen molar-refractivity contribution in [2.75, 3.05) is 4.43 Å². The Morgan fingerprint density at radius 3 is 2.53 bits per heavy atom. The number of alkyl halides is 2. The van der Waals surface area contributed by atoms with Crippen LogP contribution in [-0.4, -0.2) is 9.80 Å². The van der Waals surface area contributed by atoms with Gasteiger partial charge in [-0.3, -0.25) is 0 Å². The summed E-state index contributed by atoms with van der Waals surface area (Å²) in [6.07, 6.45) is 2.12. The monoisotopic (exact) mass is 360 g/mol. The average molecular weight is 361 g/mol. The second-order valence-corrected chi connectivity index (χ2v) is 6.71. The molecule has 0 amide bonds. The standard InChI is InChI=1S/C15H18ClI/c1-15(2)9-13(11-6-4-3-5-7-11)12(10-17)8-14(15)16/h3-7,14H,8-10H2,1-2H3. The molecule has 1 aliphatic carbocycles. The molecule has 0 N–H and O–H groups in total. The largest absolute Gasteiger partial charge is 0.122 e. The topological polar surface area (TPSA) is 0 Å². The van der Waals surface area contributed by atoms with Crippen LogP contribution in [0.5, 0.6) is 0 Å². The minimum Gasteiger partial charge on any atom is -0.122 e. The molecule has 2 rings (SSSR count). The minimum absolute atomic E-state index is 0.196. The van der Waals surface area contributed by atoms with E-state index in [0.717, 1.165) is 17.3 Å². The highest BCUT2D eigenvalue weighted by atomic mass is 127. The van der Waals surface area contributed by atoms with Crippen molar-refractivity contribution < 1.29 is 0 Å².